The van der Waals surface area contributed by atoms with Crippen LogP contribution in [0.4, 0.5) is 5.82 Å². The van der Waals surface area contributed by atoms with Crippen molar-refractivity contribution in [1.29, 1.82) is 0 Å². The molecule has 0 radical (unpaired) electrons. The summed E-state index contributed by atoms with van der Waals surface area (Å²) < 4.78 is 5.23. The van der Waals surface area contributed by atoms with Crippen LogP contribution in [0.5, 0.6) is 5.75 Å². The number of fused-ring (bicyclic) bond motifs is 1. The smallest absolute Gasteiger partial charge is 0.253 e. The molecule has 1 fully saturated rings. The highest BCUT2D eigenvalue weighted by molar-refractivity contribution is 5.98. The molecular formula is C25H25N5O2. The lowest BCUT2D eigenvalue weighted by atomic mass is 10.1. The maximum absolute atomic E-state index is 13.1. The highest BCUT2D eigenvalue weighted by Crippen LogP contribution is 2.25. The Hall–Kier alpha value is -3.87. The van der Waals surface area contributed by atoms with Gasteiger partial charge in [0.15, 0.2) is 5.82 Å². The summed E-state index contributed by atoms with van der Waals surface area (Å²) in [4.78, 5) is 21.6. The van der Waals surface area contributed by atoms with Crippen LogP contribution in [0.3, 0.4) is 0 Å². The van der Waals surface area contributed by atoms with Gasteiger partial charge in [0.05, 0.1) is 18.3 Å². The number of nitrogens with zero attached hydrogens (tertiary/aromatic N) is 4. The standard InChI is InChI=1S/C25H25N5O2/c1-32-21-8-5-18(6-9-21)23-17-24(28-27-23)29-12-3-13-30(15-14-29)25(31)20-7-10-22-19(16-20)4-2-11-26-22/h2,4-11,16-17H,3,12-15H2,1H3,(H,27,28). The van der Waals surface area contributed by atoms with Gasteiger partial charge in [-0.3, -0.25) is 14.9 Å². The molecule has 5 rings (SSSR count). The summed E-state index contributed by atoms with van der Waals surface area (Å²) in [6, 6.07) is 19.6. The number of nitrogens with one attached hydrogen (secondary N) is 1. The summed E-state index contributed by atoms with van der Waals surface area (Å²) >= 11 is 0. The van der Waals surface area contributed by atoms with E-state index in [0.29, 0.717) is 12.1 Å². The first kappa shape index (κ1) is 20.1. The number of rotatable bonds is 4. The van der Waals surface area contributed by atoms with E-state index in [1.165, 1.54) is 0 Å². The predicted molar refractivity (Wildman–Crippen MR) is 125 cm³/mol. The maximum Gasteiger partial charge on any atom is 0.253 e. The van der Waals surface area contributed by atoms with E-state index >= 15 is 0 Å². The maximum atomic E-state index is 13.1. The minimum absolute atomic E-state index is 0.0681. The van der Waals surface area contributed by atoms with Gasteiger partial charge < -0.3 is 14.5 Å². The molecule has 2 aromatic carbocycles. The minimum Gasteiger partial charge on any atom is -0.497 e. The van der Waals surface area contributed by atoms with Crippen LogP contribution in [0, 0.1) is 0 Å². The lowest BCUT2D eigenvalue weighted by Gasteiger charge is -2.22. The van der Waals surface area contributed by atoms with Crippen LogP contribution in [-0.4, -0.2) is 59.3 Å². The number of hydrogen-bond acceptors (Lipinski definition) is 5. The Morgan fingerprint density at radius 1 is 1.00 bits per heavy atom. The third-order valence-corrected chi connectivity index (χ3v) is 5.92. The molecule has 7 nitrogen and oxygen atoms in total. The number of carbonyl (C=O) groups is 1. The summed E-state index contributed by atoms with van der Waals surface area (Å²) in [5.74, 6) is 1.80. The Morgan fingerprint density at radius 2 is 1.88 bits per heavy atom. The number of ether oxygens (including phenoxy) is 1. The number of anilines is 1. The van der Waals surface area contributed by atoms with Crippen molar-refractivity contribution >= 4 is 22.6 Å². The molecule has 162 valence electrons. The fourth-order valence-corrected chi connectivity index (χ4v) is 4.13. The fourth-order valence-electron chi connectivity index (χ4n) is 4.13. The molecule has 0 bridgehead atoms. The molecule has 1 saturated heterocycles. The molecule has 0 saturated carbocycles. The number of aromatic nitrogens is 3. The van der Waals surface area contributed by atoms with Gasteiger partial charge in [0, 0.05) is 49.4 Å². The molecule has 1 aliphatic rings. The number of carbonyl (C=O) groups excluding carboxylic acids is 1. The number of hydrogen-bond donors (Lipinski definition) is 1. The lowest BCUT2D eigenvalue weighted by molar-refractivity contribution is 0.0767. The lowest BCUT2D eigenvalue weighted by Crippen LogP contribution is -2.35. The Kier molecular flexibility index (Phi) is 5.46. The van der Waals surface area contributed by atoms with Crippen molar-refractivity contribution in [2.24, 2.45) is 0 Å². The predicted octanol–water partition coefficient (Wildman–Crippen LogP) is 3.99. The number of aromatic amines is 1. The van der Waals surface area contributed by atoms with Crippen molar-refractivity contribution in [3.8, 4) is 17.0 Å². The van der Waals surface area contributed by atoms with Crippen LogP contribution in [-0.2, 0) is 0 Å². The van der Waals surface area contributed by atoms with Gasteiger partial charge in [-0.15, -0.1) is 0 Å². The highest BCUT2D eigenvalue weighted by Gasteiger charge is 2.22. The first-order chi connectivity index (χ1) is 15.7. The number of amides is 1. The van der Waals surface area contributed by atoms with E-state index in [2.05, 4.69) is 26.1 Å². The molecule has 2 aromatic heterocycles. The van der Waals surface area contributed by atoms with E-state index in [4.69, 9.17) is 4.74 Å². The number of H-pyrrole nitrogens is 1. The summed E-state index contributed by atoms with van der Waals surface area (Å²) in [7, 11) is 1.66. The summed E-state index contributed by atoms with van der Waals surface area (Å²) in [6.45, 7) is 3.00. The van der Waals surface area contributed by atoms with Crippen molar-refractivity contribution in [2.45, 2.75) is 6.42 Å². The van der Waals surface area contributed by atoms with Gasteiger partial charge in [-0.25, -0.2) is 0 Å². The van der Waals surface area contributed by atoms with Crippen LogP contribution in [0.25, 0.3) is 22.2 Å². The molecule has 7 heteroatoms. The van der Waals surface area contributed by atoms with Gasteiger partial charge in [0.1, 0.15) is 5.75 Å². The third-order valence-electron chi connectivity index (χ3n) is 5.92. The van der Waals surface area contributed by atoms with Gasteiger partial charge >= 0.3 is 0 Å². The van der Waals surface area contributed by atoms with Gasteiger partial charge in [0.2, 0.25) is 0 Å². The van der Waals surface area contributed by atoms with Crippen LogP contribution in [0.2, 0.25) is 0 Å². The summed E-state index contributed by atoms with van der Waals surface area (Å²) in [5, 5.41) is 8.64. The van der Waals surface area contributed by atoms with Gasteiger partial charge in [-0.2, -0.15) is 5.10 Å². The Morgan fingerprint density at radius 3 is 2.72 bits per heavy atom. The first-order valence-electron chi connectivity index (χ1n) is 10.8. The Bertz CT molecular complexity index is 1230. The monoisotopic (exact) mass is 427 g/mol. The minimum atomic E-state index is 0.0681. The third kappa shape index (κ3) is 4.01. The van der Waals surface area contributed by atoms with Crippen LogP contribution < -0.4 is 9.64 Å². The largest absolute Gasteiger partial charge is 0.497 e. The van der Waals surface area contributed by atoms with Crippen molar-refractivity contribution in [3.05, 3.63) is 72.4 Å². The van der Waals surface area contributed by atoms with Gasteiger partial charge in [-0.1, -0.05) is 6.07 Å². The molecule has 1 amide bonds. The van der Waals surface area contributed by atoms with Gasteiger partial charge in [-0.05, 0) is 60.5 Å². The molecule has 4 aromatic rings. The van der Waals surface area contributed by atoms with E-state index in [-0.39, 0.29) is 5.91 Å². The molecule has 0 aliphatic carbocycles. The summed E-state index contributed by atoms with van der Waals surface area (Å²) in [5.41, 5.74) is 3.63. The zero-order valence-corrected chi connectivity index (χ0v) is 18.0. The number of benzene rings is 2. The van der Waals surface area contributed by atoms with E-state index in [1.54, 1.807) is 13.3 Å². The molecule has 0 unspecified atom stereocenters. The second-order valence-corrected chi connectivity index (χ2v) is 7.91. The topological polar surface area (TPSA) is 74.3 Å². The Balaban J connectivity index is 1.27. The van der Waals surface area contributed by atoms with Crippen molar-refractivity contribution < 1.29 is 9.53 Å². The second-order valence-electron chi connectivity index (χ2n) is 7.91. The van der Waals surface area contributed by atoms with E-state index in [0.717, 1.165) is 59.8 Å². The quantitative estimate of drug-likeness (QED) is 0.533. The van der Waals surface area contributed by atoms with Crippen molar-refractivity contribution in [2.75, 3.05) is 38.2 Å². The molecule has 3 heterocycles. The average Bonchev–Trinajstić information content (AvgIpc) is 3.21. The van der Waals surface area contributed by atoms with Crippen molar-refractivity contribution in [1.82, 2.24) is 20.1 Å². The molecule has 1 N–H and O–H groups in total. The van der Waals surface area contributed by atoms with Crippen LogP contribution >= 0.6 is 0 Å². The Labute approximate surface area is 186 Å². The normalized spacial score (nSPS) is 14.4. The molecular weight excluding hydrogens is 402 g/mol. The van der Waals surface area contributed by atoms with Crippen LogP contribution in [0.15, 0.2) is 66.9 Å². The zero-order valence-electron chi connectivity index (χ0n) is 18.0. The SMILES string of the molecule is COc1ccc(-c2cc(N3CCCN(C(=O)c4ccc5ncccc5c4)CC3)n[nH]2)cc1. The van der Waals surface area contributed by atoms with Gasteiger partial charge in [0.25, 0.3) is 5.91 Å². The fraction of sp³-hybridized carbons (Fsp3) is 0.240. The first-order valence-corrected chi connectivity index (χ1v) is 10.8. The average molecular weight is 428 g/mol. The molecule has 0 spiro atoms. The molecule has 1 aliphatic heterocycles. The molecule has 0 atom stereocenters. The zero-order chi connectivity index (χ0) is 21.9. The van der Waals surface area contributed by atoms with E-state index in [1.807, 2.05) is 59.5 Å². The highest BCUT2D eigenvalue weighted by atomic mass is 16.5. The van der Waals surface area contributed by atoms with E-state index < -0.39 is 0 Å². The number of pyridine rings is 1. The van der Waals surface area contributed by atoms with E-state index in [9.17, 15) is 4.79 Å². The number of methoxy groups -OCH3 is 1. The van der Waals surface area contributed by atoms with Crippen molar-refractivity contribution in [3.63, 3.8) is 0 Å². The van der Waals surface area contributed by atoms with Crippen LogP contribution in [0.1, 0.15) is 16.8 Å². The molecule has 32 heavy (non-hydrogen) atoms. The second kappa shape index (κ2) is 8.70. The summed E-state index contributed by atoms with van der Waals surface area (Å²) in [6.07, 6.45) is 2.66.